The molecule has 11 heteroatoms. The second-order valence-electron chi connectivity index (χ2n) is 9.74. The van der Waals surface area contributed by atoms with Gasteiger partial charge in [-0.25, -0.2) is 9.67 Å². The summed E-state index contributed by atoms with van der Waals surface area (Å²) in [5, 5.41) is 14.7. The number of piperazine rings is 1. The molecule has 1 atom stereocenters. The van der Waals surface area contributed by atoms with Crippen molar-refractivity contribution in [3.8, 4) is 0 Å². The molecule has 0 amide bonds. The maximum Gasteiger partial charge on any atom is 0.253 e. The van der Waals surface area contributed by atoms with Crippen molar-refractivity contribution in [2.24, 2.45) is 0 Å². The van der Waals surface area contributed by atoms with E-state index in [1.54, 1.807) is 23.1 Å². The lowest BCUT2D eigenvalue weighted by atomic mass is 9.99. The van der Waals surface area contributed by atoms with Crippen molar-refractivity contribution in [2.45, 2.75) is 26.4 Å². The molecule has 196 valence electrons. The third-order valence-corrected chi connectivity index (χ3v) is 8.28. The number of tetrazole rings is 1. The smallest absolute Gasteiger partial charge is 0.253 e. The first-order valence-electron chi connectivity index (χ1n) is 12.8. The monoisotopic (exact) mass is 530 g/mol. The van der Waals surface area contributed by atoms with Gasteiger partial charge in [-0.2, -0.15) is 0 Å². The maximum atomic E-state index is 13.5. The van der Waals surface area contributed by atoms with Crippen LogP contribution in [0, 0.1) is 13.8 Å². The molecular formula is C27H30N8O2S. The summed E-state index contributed by atoms with van der Waals surface area (Å²) < 4.78 is 8.23. The molecule has 1 aliphatic heterocycles. The van der Waals surface area contributed by atoms with Crippen molar-refractivity contribution < 1.29 is 4.74 Å². The number of nitrogens with one attached hydrogen (secondary N) is 1. The van der Waals surface area contributed by atoms with Gasteiger partial charge in [0.1, 0.15) is 6.04 Å². The molecule has 0 saturated carbocycles. The molecule has 0 radical (unpaired) electrons. The molecule has 2 aromatic carbocycles. The Morgan fingerprint density at radius 3 is 2.71 bits per heavy atom. The lowest BCUT2D eigenvalue weighted by Crippen LogP contribution is -2.49. The van der Waals surface area contributed by atoms with Crippen LogP contribution in [-0.2, 0) is 11.3 Å². The zero-order chi connectivity index (χ0) is 26.2. The molecule has 0 aliphatic carbocycles. The third-order valence-electron chi connectivity index (χ3n) is 7.18. The number of aromatic nitrogens is 6. The van der Waals surface area contributed by atoms with E-state index in [0.29, 0.717) is 24.5 Å². The van der Waals surface area contributed by atoms with E-state index < -0.39 is 6.04 Å². The molecule has 6 rings (SSSR count). The zero-order valence-corrected chi connectivity index (χ0v) is 22.5. The van der Waals surface area contributed by atoms with E-state index >= 15 is 0 Å². The number of pyridine rings is 1. The van der Waals surface area contributed by atoms with Gasteiger partial charge < -0.3 is 14.6 Å². The minimum atomic E-state index is -0.395. The molecule has 0 unspecified atom stereocenters. The molecule has 38 heavy (non-hydrogen) atoms. The highest BCUT2D eigenvalue weighted by atomic mass is 32.1. The van der Waals surface area contributed by atoms with Gasteiger partial charge in [0, 0.05) is 49.8 Å². The highest BCUT2D eigenvalue weighted by molar-refractivity contribution is 7.22. The van der Waals surface area contributed by atoms with Gasteiger partial charge >= 0.3 is 0 Å². The van der Waals surface area contributed by atoms with Crippen LogP contribution in [0.4, 0.5) is 5.13 Å². The van der Waals surface area contributed by atoms with E-state index in [0.717, 1.165) is 58.9 Å². The first kappa shape index (κ1) is 24.7. The molecule has 1 N–H and O–H groups in total. The first-order valence-corrected chi connectivity index (χ1v) is 13.6. The molecule has 4 heterocycles. The lowest BCUT2D eigenvalue weighted by Gasteiger charge is -2.38. The summed E-state index contributed by atoms with van der Waals surface area (Å²) in [6.45, 7) is 8.15. The van der Waals surface area contributed by atoms with Gasteiger partial charge in [-0.1, -0.05) is 29.5 Å². The highest BCUT2D eigenvalue weighted by Crippen LogP contribution is 2.32. The Balaban J connectivity index is 1.37. The van der Waals surface area contributed by atoms with Gasteiger partial charge in [-0.05, 0) is 59.7 Å². The normalized spacial score (nSPS) is 15.5. The second-order valence-corrected chi connectivity index (χ2v) is 10.7. The molecule has 3 aromatic heterocycles. The Bertz CT molecular complexity index is 1620. The van der Waals surface area contributed by atoms with Crippen LogP contribution < -0.4 is 10.5 Å². The van der Waals surface area contributed by atoms with Gasteiger partial charge in [0.15, 0.2) is 11.0 Å². The molecule has 0 bridgehead atoms. The Morgan fingerprint density at radius 2 is 1.92 bits per heavy atom. The predicted molar refractivity (Wildman–Crippen MR) is 149 cm³/mol. The fourth-order valence-corrected chi connectivity index (χ4v) is 6.32. The summed E-state index contributed by atoms with van der Waals surface area (Å²) in [5.41, 5.74) is 4.63. The van der Waals surface area contributed by atoms with Crippen molar-refractivity contribution in [3.63, 3.8) is 0 Å². The van der Waals surface area contributed by atoms with Crippen molar-refractivity contribution in [1.82, 2.24) is 35.1 Å². The quantitative estimate of drug-likeness (QED) is 0.342. The summed E-state index contributed by atoms with van der Waals surface area (Å²) in [4.78, 5) is 26.1. The fourth-order valence-electron chi connectivity index (χ4n) is 5.30. The Labute approximate surface area is 223 Å². The number of hydrogen-bond acceptors (Lipinski definition) is 9. The third kappa shape index (κ3) is 4.57. The van der Waals surface area contributed by atoms with Crippen molar-refractivity contribution in [3.05, 3.63) is 75.3 Å². The average molecular weight is 531 g/mol. The van der Waals surface area contributed by atoms with E-state index in [-0.39, 0.29) is 5.56 Å². The molecule has 10 nitrogen and oxygen atoms in total. The largest absolute Gasteiger partial charge is 0.383 e. The number of benzene rings is 2. The number of fused-ring (bicyclic) bond motifs is 2. The summed E-state index contributed by atoms with van der Waals surface area (Å²) >= 11 is 1.72. The number of thiazole rings is 1. The number of aromatic amines is 1. The van der Waals surface area contributed by atoms with Crippen LogP contribution in [-0.4, -0.2) is 75.0 Å². The Morgan fingerprint density at radius 1 is 1.11 bits per heavy atom. The van der Waals surface area contributed by atoms with Crippen molar-refractivity contribution in [2.75, 3.05) is 44.8 Å². The van der Waals surface area contributed by atoms with Gasteiger partial charge in [-0.15, -0.1) is 5.10 Å². The van der Waals surface area contributed by atoms with Gasteiger partial charge in [0.05, 0.1) is 23.4 Å². The Kier molecular flexibility index (Phi) is 6.64. The van der Waals surface area contributed by atoms with Crippen LogP contribution in [0.25, 0.3) is 21.1 Å². The maximum absolute atomic E-state index is 13.5. The van der Waals surface area contributed by atoms with Crippen LogP contribution >= 0.6 is 11.3 Å². The standard InChI is InChI=1S/C27H30N8O2S/c1-17-14-18(2)19-16-20(26(36)28-22(19)15-17)24(25-30-31-32-35(25)12-13-37-3)33-8-10-34(11-9-33)27-29-21-6-4-5-7-23(21)38-27/h4-7,14-16,24H,8-13H2,1-3H3,(H,28,36)/t24-/m1/s1. The number of H-pyrrole nitrogens is 1. The number of hydrogen-bond donors (Lipinski definition) is 1. The van der Waals surface area contributed by atoms with Gasteiger partial charge in [0.2, 0.25) is 0 Å². The topological polar surface area (TPSA) is 105 Å². The number of ether oxygens (including phenoxy) is 1. The summed E-state index contributed by atoms with van der Waals surface area (Å²) in [7, 11) is 1.65. The number of nitrogens with zero attached hydrogens (tertiary/aromatic N) is 7. The SMILES string of the molecule is COCCn1nnnc1[C@@H](c1cc2c(C)cc(C)cc2[nH]c1=O)N1CCN(c2nc3ccccc3s2)CC1. The number of anilines is 1. The number of rotatable bonds is 7. The van der Waals surface area contributed by atoms with E-state index in [9.17, 15) is 4.79 Å². The van der Waals surface area contributed by atoms with Crippen LogP contribution in [0.3, 0.4) is 0 Å². The zero-order valence-electron chi connectivity index (χ0n) is 21.7. The Hall–Kier alpha value is -3.67. The van der Waals surface area contributed by atoms with Crippen LogP contribution in [0.1, 0.15) is 28.6 Å². The highest BCUT2D eigenvalue weighted by Gasteiger charge is 2.33. The molecule has 5 aromatic rings. The number of para-hydroxylation sites is 1. The van der Waals surface area contributed by atoms with Crippen molar-refractivity contribution in [1.29, 1.82) is 0 Å². The van der Waals surface area contributed by atoms with Crippen LogP contribution in [0.2, 0.25) is 0 Å². The lowest BCUT2D eigenvalue weighted by molar-refractivity contribution is 0.171. The van der Waals surface area contributed by atoms with E-state index in [1.165, 1.54) is 4.70 Å². The second kappa shape index (κ2) is 10.2. The van der Waals surface area contributed by atoms with Crippen molar-refractivity contribution >= 4 is 37.6 Å². The average Bonchev–Trinajstić information content (AvgIpc) is 3.56. The van der Waals surface area contributed by atoms with Crippen LogP contribution in [0.15, 0.2) is 47.3 Å². The van der Waals surface area contributed by atoms with Gasteiger partial charge in [0.25, 0.3) is 5.56 Å². The molecule has 1 aliphatic rings. The molecule has 0 spiro atoms. The minimum Gasteiger partial charge on any atom is -0.383 e. The summed E-state index contributed by atoms with van der Waals surface area (Å²) in [5.74, 6) is 0.644. The first-order chi connectivity index (χ1) is 18.5. The fraction of sp³-hybridized carbons (Fsp3) is 0.370. The predicted octanol–water partition coefficient (Wildman–Crippen LogP) is 3.30. The number of methoxy groups -OCH3 is 1. The number of aryl methyl sites for hydroxylation is 2. The van der Waals surface area contributed by atoms with Gasteiger partial charge in [-0.3, -0.25) is 9.69 Å². The molecular weight excluding hydrogens is 500 g/mol. The van der Waals surface area contributed by atoms with E-state index in [4.69, 9.17) is 9.72 Å². The van der Waals surface area contributed by atoms with E-state index in [1.807, 2.05) is 31.2 Å². The van der Waals surface area contributed by atoms with E-state index in [2.05, 4.69) is 55.4 Å². The minimum absolute atomic E-state index is 0.123. The molecule has 1 fully saturated rings. The van der Waals surface area contributed by atoms with Crippen LogP contribution in [0.5, 0.6) is 0 Å². The summed E-state index contributed by atoms with van der Waals surface area (Å²) in [6, 6.07) is 14.0. The summed E-state index contributed by atoms with van der Waals surface area (Å²) in [6.07, 6.45) is 0. The molecule has 1 saturated heterocycles.